The predicted molar refractivity (Wildman–Crippen MR) is 129 cm³/mol. The summed E-state index contributed by atoms with van der Waals surface area (Å²) < 4.78 is 7.79. The number of hydrogen-bond donors (Lipinski definition) is 1. The summed E-state index contributed by atoms with van der Waals surface area (Å²) in [6.07, 6.45) is 4.21. The molecule has 0 aliphatic carbocycles. The molecule has 0 radical (unpaired) electrons. The molecular formula is C26H27N5O2. The van der Waals surface area contributed by atoms with Crippen molar-refractivity contribution in [2.45, 2.75) is 39.8 Å². The summed E-state index contributed by atoms with van der Waals surface area (Å²) in [5.41, 5.74) is 4.77. The molecule has 4 aromatic rings. The molecule has 1 aliphatic rings. The summed E-state index contributed by atoms with van der Waals surface area (Å²) in [5, 5.41) is 3.87. The highest BCUT2D eigenvalue weighted by Crippen LogP contribution is 2.31. The lowest BCUT2D eigenvalue weighted by atomic mass is 10.0. The number of fused-ring (bicyclic) bond motifs is 2. The van der Waals surface area contributed by atoms with Crippen LogP contribution in [-0.4, -0.2) is 38.1 Å². The normalized spacial score (nSPS) is 13.8. The van der Waals surface area contributed by atoms with Gasteiger partial charge in [0.25, 0.3) is 0 Å². The van der Waals surface area contributed by atoms with Crippen LogP contribution < -0.4 is 10.1 Å². The SMILES string of the molecule is Cc1cccc(NC(=O)n2ccc3cc(Oc4ncnc5c4CCN(C(C)C)C5)ccc32)c1. The third kappa shape index (κ3) is 4.32. The third-order valence-corrected chi connectivity index (χ3v) is 6.09. The van der Waals surface area contributed by atoms with Crippen molar-refractivity contribution in [1.29, 1.82) is 0 Å². The first-order chi connectivity index (χ1) is 16.0. The summed E-state index contributed by atoms with van der Waals surface area (Å²) >= 11 is 0. The molecule has 7 heteroatoms. The number of nitrogens with one attached hydrogen (secondary N) is 1. The van der Waals surface area contributed by atoms with Crippen molar-refractivity contribution in [2.24, 2.45) is 0 Å². The van der Waals surface area contributed by atoms with Crippen LogP contribution in [0.4, 0.5) is 10.5 Å². The largest absolute Gasteiger partial charge is 0.439 e. The van der Waals surface area contributed by atoms with Crippen molar-refractivity contribution in [3.8, 4) is 11.6 Å². The molecule has 0 saturated heterocycles. The first-order valence-corrected chi connectivity index (χ1v) is 11.2. The third-order valence-electron chi connectivity index (χ3n) is 6.09. The monoisotopic (exact) mass is 441 g/mol. The van der Waals surface area contributed by atoms with Crippen LogP contribution in [0.1, 0.15) is 30.7 Å². The molecule has 168 valence electrons. The van der Waals surface area contributed by atoms with Crippen molar-refractivity contribution in [3.63, 3.8) is 0 Å². The van der Waals surface area contributed by atoms with Crippen molar-refractivity contribution in [1.82, 2.24) is 19.4 Å². The van der Waals surface area contributed by atoms with Gasteiger partial charge in [0, 0.05) is 42.0 Å². The zero-order valence-electron chi connectivity index (χ0n) is 19.1. The van der Waals surface area contributed by atoms with Crippen LogP contribution in [0.15, 0.2) is 61.1 Å². The fourth-order valence-corrected chi connectivity index (χ4v) is 4.25. The number of carbonyl (C=O) groups excluding carboxylic acids is 1. The van der Waals surface area contributed by atoms with Gasteiger partial charge in [-0.05, 0) is 69.2 Å². The number of amides is 1. The number of anilines is 1. The maximum absolute atomic E-state index is 12.8. The van der Waals surface area contributed by atoms with E-state index in [9.17, 15) is 4.79 Å². The second-order valence-corrected chi connectivity index (χ2v) is 8.73. The van der Waals surface area contributed by atoms with Gasteiger partial charge >= 0.3 is 6.03 Å². The molecule has 0 bridgehead atoms. The zero-order valence-corrected chi connectivity index (χ0v) is 19.1. The van der Waals surface area contributed by atoms with Crippen molar-refractivity contribution in [3.05, 3.63) is 77.9 Å². The van der Waals surface area contributed by atoms with Gasteiger partial charge in [0.1, 0.15) is 12.1 Å². The smallest absolute Gasteiger partial charge is 0.330 e. The fraction of sp³-hybridized carbons (Fsp3) is 0.269. The van der Waals surface area contributed by atoms with Crippen LogP contribution in [0, 0.1) is 6.92 Å². The number of aryl methyl sites for hydroxylation is 1. The minimum Gasteiger partial charge on any atom is -0.439 e. The Labute approximate surface area is 193 Å². The molecule has 2 aromatic heterocycles. The topological polar surface area (TPSA) is 72.3 Å². The molecule has 0 spiro atoms. The molecule has 0 saturated carbocycles. The number of hydrogen-bond acceptors (Lipinski definition) is 5. The maximum atomic E-state index is 12.8. The van der Waals surface area contributed by atoms with Gasteiger partial charge in [0.05, 0.1) is 11.2 Å². The minimum atomic E-state index is -0.205. The second kappa shape index (κ2) is 8.67. The van der Waals surface area contributed by atoms with E-state index in [4.69, 9.17) is 4.74 Å². The molecule has 0 fully saturated rings. The molecular weight excluding hydrogens is 414 g/mol. The van der Waals surface area contributed by atoms with E-state index in [-0.39, 0.29) is 6.03 Å². The quantitative estimate of drug-likeness (QED) is 0.460. The molecule has 33 heavy (non-hydrogen) atoms. The highest BCUT2D eigenvalue weighted by Gasteiger charge is 2.23. The van der Waals surface area contributed by atoms with Gasteiger partial charge in [-0.15, -0.1) is 0 Å². The fourth-order valence-electron chi connectivity index (χ4n) is 4.25. The molecule has 3 heterocycles. The molecule has 1 N–H and O–H groups in total. The first kappa shape index (κ1) is 21.2. The average molecular weight is 442 g/mol. The Morgan fingerprint density at radius 1 is 1.12 bits per heavy atom. The van der Waals surface area contributed by atoms with E-state index in [0.29, 0.717) is 17.7 Å². The molecule has 1 aliphatic heterocycles. The highest BCUT2D eigenvalue weighted by molar-refractivity contribution is 5.98. The zero-order chi connectivity index (χ0) is 22.9. The Morgan fingerprint density at radius 3 is 2.82 bits per heavy atom. The van der Waals surface area contributed by atoms with Crippen molar-refractivity contribution >= 4 is 22.6 Å². The number of nitrogens with zero attached hydrogens (tertiary/aromatic N) is 4. The van der Waals surface area contributed by atoms with E-state index < -0.39 is 0 Å². The Bertz CT molecular complexity index is 1330. The van der Waals surface area contributed by atoms with Gasteiger partial charge in [-0.3, -0.25) is 9.47 Å². The summed E-state index contributed by atoms with van der Waals surface area (Å²) in [7, 11) is 0. The van der Waals surface area contributed by atoms with Crippen molar-refractivity contribution < 1.29 is 9.53 Å². The molecule has 7 nitrogen and oxygen atoms in total. The lowest BCUT2D eigenvalue weighted by molar-refractivity contribution is 0.198. The van der Waals surface area contributed by atoms with Gasteiger partial charge in [-0.2, -0.15) is 0 Å². The molecule has 2 aromatic carbocycles. The predicted octanol–water partition coefficient (Wildman–Crippen LogP) is 5.38. The first-order valence-electron chi connectivity index (χ1n) is 11.2. The van der Waals surface area contributed by atoms with E-state index in [1.54, 1.807) is 17.1 Å². The Hall–Kier alpha value is -3.71. The van der Waals surface area contributed by atoms with Crippen LogP contribution in [0.3, 0.4) is 0 Å². The Morgan fingerprint density at radius 2 is 2.00 bits per heavy atom. The second-order valence-electron chi connectivity index (χ2n) is 8.73. The van der Waals surface area contributed by atoms with Crippen LogP contribution in [0.2, 0.25) is 0 Å². The van der Waals surface area contributed by atoms with Gasteiger partial charge in [-0.25, -0.2) is 14.8 Å². The van der Waals surface area contributed by atoms with E-state index in [1.807, 2.05) is 55.5 Å². The molecule has 0 unspecified atom stereocenters. The maximum Gasteiger partial charge on any atom is 0.330 e. The Kier molecular flexibility index (Phi) is 5.56. The number of aromatic nitrogens is 3. The van der Waals surface area contributed by atoms with E-state index in [0.717, 1.165) is 52.9 Å². The van der Waals surface area contributed by atoms with Gasteiger partial charge in [0.15, 0.2) is 0 Å². The number of ether oxygens (including phenoxy) is 1. The van der Waals surface area contributed by atoms with Crippen LogP contribution in [-0.2, 0) is 13.0 Å². The van der Waals surface area contributed by atoms with Crippen LogP contribution in [0.25, 0.3) is 10.9 Å². The average Bonchev–Trinajstić information content (AvgIpc) is 3.22. The van der Waals surface area contributed by atoms with E-state index >= 15 is 0 Å². The van der Waals surface area contributed by atoms with Gasteiger partial charge in [-0.1, -0.05) is 12.1 Å². The lowest BCUT2D eigenvalue weighted by Crippen LogP contribution is -2.36. The number of rotatable bonds is 4. The summed E-state index contributed by atoms with van der Waals surface area (Å²) in [4.78, 5) is 24.1. The van der Waals surface area contributed by atoms with Gasteiger partial charge in [0.2, 0.25) is 5.88 Å². The molecule has 1 amide bonds. The highest BCUT2D eigenvalue weighted by atomic mass is 16.5. The molecule has 0 atom stereocenters. The van der Waals surface area contributed by atoms with Crippen molar-refractivity contribution in [2.75, 3.05) is 11.9 Å². The van der Waals surface area contributed by atoms with Crippen LogP contribution in [0.5, 0.6) is 11.6 Å². The summed E-state index contributed by atoms with van der Waals surface area (Å²) in [5.74, 6) is 1.30. The summed E-state index contributed by atoms with van der Waals surface area (Å²) in [6.45, 7) is 8.17. The van der Waals surface area contributed by atoms with E-state index in [1.165, 1.54) is 0 Å². The van der Waals surface area contributed by atoms with Gasteiger partial charge < -0.3 is 10.1 Å². The summed E-state index contributed by atoms with van der Waals surface area (Å²) in [6, 6.07) is 15.6. The number of carbonyl (C=O) groups is 1. The minimum absolute atomic E-state index is 0.205. The number of benzene rings is 2. The lowest BCUT2D eigenvalue weighted by Gasteiger charge is -2.31. The van der Waals surface area contributed by atoms with E-state index in [2.05, 4.69) is 34.0 Å². The Balaban J connectivity index is 1.36. The molecule has 5 rings (SSSR count). The van der Waals surface area contributed by atoms with Crippen LogP contribution >= 0.6 is 0 Å². The standard InChI is InChI=1S/C26H27N5O2/c1-17(2)30-11-10-22-23(15-30)27-16-28-25(22)33-21-7-8-24-19(14-21)9-12-31(24)26(32)29-20-6-4-5-18(3)13-20/h4-9,12-14,16-17H,10-11,15H2,1-3H3,(H,29,32).